The summed E-state index contributed by atoms with van der Waals surface area (Å²) in [5.41, 5.74) is 1.65. The number of piperidine rings is 1. The molecular formula is C25H33N5O4. The van der Waals surface area contributed by atoms with Crippen LogP contribution in [0.15, 0.2) is 29.1 Å². The molecule has 0 unspecified atom stereocenters. The molecule has 0 bridgehead atoms. The predicted octanol–water partition coefficient (Wildman–Crippen LogP) is 3.68. The number of aromatic nitrogens is 3. The van der Waals surface area contributed by atoms with E-state index in [0.717, 1.165) is 5.69 Å². The Morgan fingerprint density at radius 1 is 1.24 bits per heavy atom. The van der Waals surface area contributed by atoms with Crippen LogP contribution in [0.2, 0.25) is 0 Å². The van der Waals surface area contributed by atoms with Gasteiger partial charge in [-0.2, -0.15) is 5.10 Å². The molecule has 182 valence electrons. The number of fused-ring (bicyclic) bond motifs is 3. The second kappa shape index (κ2) is 9.12. The van der Waals surface area contributed by atoms with Crippen molar-refractivity contribution in [3.05, 3.63) is 45.9 Å². The molecule has 1 aliphatic heterocycles. The normalized spacial score (nSPS) is 15.3. The summed E-state index contributed by atoms with van der Waals surface area (Å²) in [6, 6.07) is 6.97. The highest BCUT2D eigenvalue weighted by Crippen LogP contribution is 2.30. The summed E-state index contributed by atoms with van der Waals surface area (Å²) < 4.78 is 7.24. The SMILES string of the molecule is CC(C)CNC(=O)c1cccc2nn3c(C4CCN(C(=O)OC(C)(C)C)CC4)cc(=O)[nH]c3c12. The quantitative estimate of drug-likeness (QED) is 0.608. The van der Waals surface area contributed by atoms with Gasteiger partial charge in [0.05, 0.1) is 22.2 Å². The first-order valence-electron chi connectivity index (χ1n) is 11.8. The topological polar surface area (TPSA) is 109 Å². The van der Waals surface area contributed by atoms with Crippen molar-refractivity contribution in [2.24, 2.45) is 5.92 Å². The maximum absolute atomic E-state index is 12.9. The van der Waals surface area contributed by atoms with Gasteiger partial charge in [-0.25, -0.2) is 9.31 Å². The molecule has 3 aromatic rings. The van der Waals surface area contributed by atoms with E-state index in [0.29, 0.717) is 60.5 Å². The van der Waals surface area contributed by atoms with Crippen LogP contribution < -0.4 is 10.9 Å². The van der Waals surface area contributed by atoms with Crippen LogP contribution in [-0.4, -0.2) is 56.7 Å². The summed E-state index contributed by atoms with van der Waals surface area (Å²) in [5.74, 6) is 0.187. The third-order valence-corrected chi connectivity index (χ3v) is 5.94. The third-order valence-electron chi connectivity index (χ3n) is 5.94. The number of hydrogen-bond donors (Lipinski definition) is 2. The van der Waals surface area contributed by atoms with Gasteiger partial charge in [0, 0.05) is 31.6 Å². The van der Waals surface area contributed by atoms with Gasteiger partial charge < -0.3 is 19.9 Å². The number of nitrogens with one attached hydrogen (secondary N) is 2. The number of hydrogen-bond acceptors (Lipinski definition) is 5. The van der Waals surface area contributed by atoms with Crippen LogP contribution in [0.4, 0.5) is 4.79 Å². The first kappa shape index (κ1) is 23.8. The van der Waals surface area contributed by atoms with Crippen molar-refractivity contribution in [1.82, 2.24) is 24.8 Å². The van der Waals surface area contributed by atoms with E-state index in [1.807, 2.05) is 40.7 Å². The number of rotatable bonds is 4. The molecule has 2 N–H and O–H groups in total. The van der Waals surface area contributed by atoms with Gasteiger partial charge in [0.25, 0.3) is 11.5 Å². The zero-order chi connectivity index (χ0) is 24.6. The molecule has 0 saturated carbocycles. The number of ether oxygens (including phenoxy) is 1. The Bertz CT molecular complexity index is 1280. The van der Waals surface area contributed by atoms with Crippen molar-refractivity contribution in [2.75, 3.05) is 19.6 Å². The van der Waals surface area contributed by atoms with E-state index in [2.05, 4.69) is 10.3 Å². The number of H-pyrrole nitrogens is 1. The van der Waals surface area contributed by atoms with Gasteiger partial charge in [0.1, 0.15) is 11.2 Å². The van der Waals surface area contributed by atoms with Crippen LogP contribution in [0.25, 0.3) is 16.6 Å². The number of amides is 2. The lowest BCUT2D eigenvalue weighted by Crippen LogP contribution is -2.41. The summed E-state index contributed by atoms with van der Waals surface area (Å²) in [5, 5.41) is 8.32. The fourth-order valence-corrected chi connectivity index (χ4v) is 4.34. The van der Waals surface area contributed by atoms with E-state index < -0.39 is 5.60 Å². The Morgan fingerprint density at radius 3 is 2.59 bits per heavy atom. The number of benzene rings is 1. The molecule has 9 heteroatoms. The van der Waals surface area contributed by atoms with E-state index >= 15 is 0 Å². The molecule has 9 nitrogen and oxygen atoms in total. The van der Waals surface area contributed by atoms with Crippen LogP contribution >= 0.6 is 0 Å². The first-order chi connectivity index (χ1) is 16.0. The smallest absolute Gasteiger partial charge is 0.410 e. The molecule has 1 aromatic carbocycles. The Labute approximate surface area is 198 Å². The Morgan fingerprint density at radius 2 is 1.94 bits per heavy atom. The largest absolute Gasteiger partial charge is 0.444 e. The molecule has 0 atom stereocenters. The van der Waals surface area contributed by atoms with Crippen molar-refractivity contribution in [3.63, 3.8) is 0 Å². The Hall–Kier alpha value is -3.36. The second-order valence-electron chi connectivity index (χ2n) is 10.4. The number of carbonyl (C=O) groups is 2. The van der Waals surface area contributed by atoms with Crippen molar-refractivity contribution in [3.8, 4) is 0 Å². The minimum absolute atomic E-state index is 0.0519. The molecule has 1 aliphatic rings. The van der Waals surface area contributed by atoms with E-state index in [1.54, 1.807) is 27.6 Å². The first-order valence-corrected chi connectivity index (χ1v) is 11.8. The number of aromatic amines is 1. The van der Waals surface area contributed by atoms with E-state index in [-0.39, 0.29) is 23.5 Å². The molecule has 0 spiro atoms. The molecule has 4 rings (SSSR count). The van der Waals surface area contributed by atoms with Crippen LogP contribution in [0.5, 0.6) is 0 Å². The molecule has 1 fully saturated rings. The lowest BCUT2D eigenvalue weighted by Gasteiger charge is -2.33. The maximum atomic E-state index is 12.9. The molecular weight excluding hydrogens is 434 g/mol. The summed E-state index contributed by atoms with van der Waals surface area (Å²) in [6.45, 7) is 11.3. The maximum Gasteiger partial charge on any atom is 0.410 e. The summed E-state index contributed by atoms with van der Waals surface area (Å²) in [6.07, 6.45) is 1.06. The van der Waals surface area contributed by atoms with E-state index in [1.165, 1.54) is 0 Å². The molecule has 3 heterocycles. The second-order valence-corrected chi connectivity index (χ2v) is 10.4. The van der Waals surface area contributed by atoms with Crippen molar-refractivity contribution in [2.45, 2.75) is 59.0 Å². The Kier molecular flexibility index (Phi) is 6.38. The third kappa shape index (κ3) is 4.93. The highest BCUT2D eigenvalue weighted by molar-refractivity contribution is 6.11. The average Bonchev–Trinajstić information content (AvgIpc) is 3.14. The van der Waals surface area contributed by atoms with Gasteiger partial charge in [-0.3, -0.25) is 9.59 Å². The van der Waals surface area contributed by atoms with Crippen molar-refractivity contribution < 1.29 is 14.3 Å². The highest BCUT2D eigenvalue weighted by Gasteiger charge is 2.29. The number of carbonyl (C=O) groups excluding carboxylic acids is 2. The van der Waals surface area contributed by atoms with Gasteiger partial charge in [-0.15, -0.1) is 0 Å². The van der Waals surface area contributed by atoms with Crippen LogP contribution in [0.3, 0.4) is 0 Å². The van der Waals surface area contributed by atoms with Crippen molar-refractivity contribution >= 4 is 28.6 Å². The molecule has 0 radical (unpaired) electrons. The molecule has 34 heavy (non-hydrogen) atoms. The highest BCUT2D eigenvalue weighted by atomic mass is 16.6. The van der Waals surface area contributed by atoms with Crippen LogP contribution in [-0.2, 0) is 4.74 Å². The lowest BCUT2D eigenvalue weighted by molar-refractivity contribution is 0.0203. The summed E-state index contributed by atoms with van der Waals surface area (Å²) >= 11 is 0. The summed E-state index contributed by atoms with van der Waals surface area (Å²) in [4.78, 5) is 42.5. The monoisotopic (exact) mass is 467 g/mol. The van der Waals surface area contributed by atoms with E-state index in [9.17, 15) is 14.4 Å². The van der Waals surface area contributed by atoms with Crippen molar-refractivity contribution in [1.29, 1.82) is 0 Å². The van der Waals surface area contributed by atoms with Gasteiger partial charge in [-0.05, 0) is 51.7 Å². The van der Waals surface area contributed by atoms with Crippen LogP contribution in [0, 0.1) is 5.92 Å². The minimum atomic E-state index is -0.541. The molecule has 2 aromatic heterocycles. The standard InChI is InChI=1S/C25H33N5O4/c1-15(2)14-26-23(32)17-7-6-8-18-21(17)22-27-20(31)13-19(30(22)28-18)16-9-11-29(12-10-16)24(33)34-25(3,4)5/h6-8,13,15-16H,9-12,14H2,1-5H3,(H,26,32)(H,27,31). The predicted molar refractivity (Wildman–Crippen MR) is 130 cm³/mol. The average molecular weight is 468 g/mol. The fourth-order valence-electron chi connectivity index (χ4n) is 4.34. The number of nitrogens with zero attached hydrogens (tertiary/aromatic N) is 3. The van der Waals surface area contributed by atoms with Gasteiger partial charge in [0.15, 0.2) is 0 Å². The van der Waals surface area contributed by atoms with Crippen LogP contribution in [0.1, 0.15) is 69.4 Å². The van der Waals surface area contributed by atoms with Gasteiger partial charge >= 0.3 is 6.09 Å². The zero-order valence-corrected chi connectivity index (χ0v) is 20.5. The lowest BCUT2D eigenvalue weighted by atomic mass is 9.93. The molecule has 0 aliphatic carbocycles. The fraction of sp³-hybridized carbons (Fsp3) is 0.520. The Balaban J connectivity index is 1.66. The summed E-state index contributed by atoms with van der Waals surface area (Å²) in [7, 11) is 0. The minimum Gasteiger partial charge on any atom is -0.444 e. The number of likely N-dealkylation sites (tertiary alicyclic amines) is 1. The zero-order valence-electron chi connectivity index (χ0n) is 20.5. The molecule has 2 amide bonds. The van der Waals surface area contributed by atoms with E-state index in [4.69, 9.17) is 9.84 Å². The molecule has 1 saturated heterocycles. The van der Waals surface area contributed by atoms with Gasteiger partial charge in [-0.1, -0.05) is 19.9 Å². The van der Waals surface area contributed by atoms with Gasteiger partial charge in [0.2, 0.25) is 0 Å².